The third kappa shape index (κ3) is 4.64. The van der Waals surface area contributed by atoms with Gasteiger partial charge in [0.15, 0.2) is 0 Å². The molecule has 2 bridgehead atoms. The molecule has 1 aromatic carbocycles. The first-order valence-electron chi connectivity index (χ1n) is 9.92. The monoisotopic (exact) mass is 357 g/mol. The third-order valence-corrected chi connectivity index (χ3v) is 5.60. The Bertz CT molecular complexity index is 629. The molecule has 26 heavy (non-hydrogen) atoms. The van der Waals surface area contributed by atoms with Gasteiger partial charge in [-0.2, -0.15) is 0 Å². The van der Waals surface area contributed by atoms with Crippen LogP contribution in [0.15, 0.2) is 24.3 Å². The molecule has 5 nitrogen and oxygen atoms in total. The van der Waals surface area contributed by atoms with Gasteiger partial charge in [0.25, 0.3) is 0 Å². The van der Waals surface area contributed by atoms with Crippen LogP contribution in [-0.4, -0.2) is 53.8 Å². The molecule has 3 aliphatic heterocycles. The molecule has 3 fully saturated rings. The fraction of sp³-hybridized carbons (Fsp3) is 0.619. The molecule has 0 aromatic heterocycles. The quantitative estimate of drug-likeness (QED) is 0.815. The number of hydrogen-bond donors (Lipinski definition) is 1. The number of carbonyl (C=O) groups excluding carboxylic acids is 2. The summed E-state index contributed by atoms with van der Waals surface area (Å²) in [5.41, 5.74) is 2.35. The number of nitrogens with zero attached hydrogens (tertiary/aromatic N) is 2. The Hall–Kier alpha value is -1.88. The van der Waals surface area contributed by atoms with Crippen LogP contribution in [0.5, 0.6) is 0 Å². The van der Waals surface area contributed by atoms with Crippen LogP contribution in [0.2, 0.25) is 0 Å². The average Bonchev–Trinajstić information content (AvgIpc) is 2.91. The van der Waals surface area contributed by atoms with Gasteiger partial charge in [-0.05, 0) is 31.7 Å². The van der Waals surface area contributed by atoms with Gasteiger partial charge in [0, 0.05) is 45.2 Å². The molecule has 1 aromatic rings. The van der Waals surface area contributed by atoms with E-state index in [9.17, 15) is 9.59 Å². The van der Waals surface area contributed by atoms with Crippen LogP contribution >= 0.6 is 0 Å². The van der Waals surface area contributed by atoms with Gasteiger partial charge in [0.05, 0.1) is 5.92 Å². The average molecular weight is 357 g/mol. The molecule has 1 N–H and O–H groups in total. The van der Waals surface area contributed by atoms with Crippen LogP contribution < -0.4 is 5.32 Å². The molecule has 5 heteroatoms. The maximum absolute atomic E-state index is 12.6. The second-order valence-corrected chi connectivity index (χ2v) is 7.73. The van der Waals surface area contributed by atoms with Crippen molar-refractivity contribution < 1.29 is 9.59 Å². The van der Waals surface area contributed by atoms with Gasteiger partial charge in [-0.1, -0.05) is 36.8 Å². The standard InChI is InChI=1S/C21H31N3O2/c1-3-11-24-19-9-8-18(21(24)26)14-23(15-19)12-10-20(25)22-13-17-6-4-16(2)5-7-17/h4-7,18-19H,3,8-15H2,1-2H3,(H,22,25)/t18-,19+/m0/s1. The highest BCUT2D eigenvalue weighted by Crippen LogP contribution is 2.29. The first kappa shape index (κ1) is 18.9. The molecule has 0 aliphatic carbocycles. The number of nitrogens with one attached hydrogen (secondary N) is 1. The van der Waals surface area contributed by atoms with E-state index >= 15 is 0 Å². The minimum Gasteiger partial charge on any atom is -0.352 e. The summed E-state index contributed by atoms with van der Waals surface area (Å²) in [5, 5.41) is 3.01. The lowest BCUT2D eigenvalue weighted by atomic mass is 9.94. The Morgan fingerprint density at radius 1 is 1.15 bits per heavy atom. The number of rotatable bonds is 7. The summed E-state index contributed by atoms with van der Waals surface area (Å²) >= 11 is 0. The number of benzene rings is 1. The van der Waals surface area contributed by atoms with E-state index in [-0.39, 0.29) is 11.8 Å². The van der Waals surface area contributed by atoms with E-state index in [1.54, 1.807) is 0 Å². The van der Waals surface area contributed by atoms with Crippen LogP contribution in [-0.2, 0) is 16.1 Å². The highest BCUT2D eigenvalue weighted by atomic mass is 16.2. The molecule has 0 unspecified atom stereocenters. The maximum Gasteiger partial charge on any atom is 0.227 e. The highest BCUT2D eigenvalue weighted by molar-refractivity contribution is 5.80. The second kappa shape index (κ2) is 8.67. The van der Waals surface area contributed by atoms with Crippen LogP contribution in [0.3, 0.4) is 0 Å². The zero-order chi connectivity index (χ0) is 18.5. The van der Waals surface area contributed by atoms with Gasteiger partial charge < -0.3 is 10.2 Å². The highest BCUT2D eigenvalue weighted by Gasteiger charge is 2.39. The maximum atomic E-state index is 12.6. The van der Waals surface area contributed by atoms with Crippen molar-refractivity contribution in [3.63, 3.8) is 0 Å². The summed E-state index contributed by atoms with van der Waals surface area (Å²) in [6, 6.07) is 8.56. The van der Waals surface area contributed by atoms with E-state index in [4.69, 9.17) is 0 Å². The lowest BCUT2D eigenvalue weighted by molar-refractivity contribution is -0.139. The van der Waals surface area contributed by atoms with Crippen molar-refractivity contribution in [3.8, 4) is 0 Å². The number of fused-ring (bicyclic) bond motifs is 4. The van der Waals surface area contributed by atoms with Crippen LogP contribution in [0.4, 0.5) is 0 Å². The summed E-state index contributed by atoms with van der Waals surface area (Å²) in [6.45, 7) is 8.08. The Morgan fingerprint density at radius 2 is 1.92 bits per heavy atom. The topological polar surface area (TPSA) is 52.7 Å². The largest absolute Gasteiger partial charge is 0.352 e. The van der Waals surface area contributed by atoms with Gasteiger partial charge in [0.2, 0.25) is 11.8 Å². The minimum absolute atomic E-state index is 0.0823. The summed E-state index contributed by atoms with van der Waals surface area (Å²) < 4.78 is 0. The predicted molar refractivity (Wildman–Crippen MR) is 103 cm³/mol. The van der Waals surface area contributed by atoms with Crippen molar-refractivity contribution in [2.75, 3.05) is 26.2 Å². The first-order valence-corrected chi connectivity index (χ1v) is 9.92. The van der Waals surface area contributed by atoms with Crippen molar-refractivity contribution >= 4 is 11.8 Å². The Balaban J connectivity index is 1.46. The zero-order valence-corrected chi connectivity index (χ0v) is 16.0. The Kier molecular flexibility index (Phi) is 6.30. The van der Waals surface area contributed by atoms with Gasteiger partial charge in [-0.25, -0.2) is 0 Å². The van der Waals surface area contributed by atoms with E-state index in [2.05, 4.69) is 53.2 Å². The van der Waals surface area contributed by atoms with Gasteiger partial charge in [-0.3, -0.25) is 14.5 Å². The van der Waals surface area contributed by atoms with E-state index in [1.807, 2.05) is 0 Å². The van der Waals surface area contributed by atoms with Crippen molar-refractivity contribution in [1.29, 1.82) is 0 Å². The van der Waals surface area contributed by atoms with Crippen LogP contribution in [0.25, 0.3) is 0 Å². The second-order valence-electron chi connectivity index (χ2n) is 7.73. The van der Waals surface area contributed by atoms with E-state index in [0.29, 0.717) is 24.9 Å². The summed E-state index contributed by atoms with van der Waals surface area (Å²) in [7, 11) is 0. The van der Waals surface area contributed by atoms with Gasteiger partial charge in [0.1, 0.15) is 0 Å². The number of carbonyl (C=O) groups is 2. The SMILES string of the molecule is CCCN1C(=O)[C@H]2CC[C@@H]1CN(CCC(=O)NCc1ccc(C)cc1)C2. The van der Waals surface area contributed by atoms with Crippen molar-refractivity contribution in [2.45, 2.75) is 52.1 Å². The number of hydrogen-bond acceptors (Lipinski definition) is 3. The molecule has 3 saturated heterocycles. The fourth-order valence-corrected chi connectivity index (χ4v) is 4.10. The van der Waals surface area contributed by atoms with Crippen molar-refractivity contribution in [1.82, 2.24) is 15.1 Å². The van der Waals surface area contributed by atoms with Gasteiger partial charge in [-0.15, -0.1) is 0 Å². The Labute approximate surface area is 156 Å². The summed E-state index contributed by atoms with van der Waals surface area (Å²) in [4.78, 5) is 29.2. The molecular formula is C21H31N3O2. The van der Waals surface area contributed by atoms with Gasteiger partial charge >= 0.3 is 0 Å². The molecule has 3 aliphatic rings. The first-order chi connectivity index (χ1) is 12.6. The molecule has 0 saturated carbocycles. The Morgan fingerprint density at radius 3 is 2.65 bits per heavy atom. The predicted octanol–water partition coefficient (Wildman–Crippen LogP) is 2.33. The lowest BCUT2D eigenvalue weighted by Crippen LogP contribution is -2.48. The molecule has 0 spiro atoms. The fourth-order valence-electron chi connectivity index (χ4n) is 4.10. The number of aryl methyl sites for hydroxylation is 1. The zero-order valence-electron chi connectivity index (χ0n) is 16.0. The van der Waals surface area contributed by atoms with Crippen LogP contribution in [0.1, 0.15) is 43.7 Å². The summed E-state index contributed by atoms with van der Waals surface area (Å²) in [6.07, 6.45) is 3.61. The smallest absolute Gasteiger partial charge is 0.227 e. The minimum atomic E-state index is 0.0823. The van der Waals surface area contributed by atoms with E-state index < -0.39 is 0 Å². The lowest BCUT2D eigenvalue weighted by Gasteiger charge is -2.35. The number of piperidine rings is 1. The third-order valence-electron chi connectivity index (χ3n) is 5.60. The molecule has 3 heterocycles. The summed E-state index contributed by atoms with van der Waals surface area (Å²) in [5.74, 6) is 0.532. The molecule has 2 amide bonds. The molecule has 0 radical (unpaired) electrons. The van der Waals surface area contributed by atoms with Crippen molar-refractivity contribution in [3.05, 3.63) is 35.4 Å². The van der Waals surface area contributed by atoms with E-state index in [1.165, 1.54) is 5.56 Å². The molecule has 2 atom stereocenters. The van der Waals surface area contributed by atoms with Crippen LogP contribution in [0, 0.1) is 12.8 Å². The molecular weight excluding hydrogens is 326 g/mol. The van der Waals surface area contributed by atoms with Crippen molar-refractivity contribution in [2.24, 2.45) is 5.92 Å². The normalized spacial score (nSPS) is 23.2. The number of amides is 2. The molecule has 142 valence electrons. The molecule has 4 rings (SSSR count). The van der Waals surface area contributed by atoms with E-state index in [0.717, 1.165) is 51.0 Å².